The van der Waals surface area contributed by atoms with E-state index >= 15 is 0 Å². The van der Waals surface area contributed by atoms with Crippen molar-refractivity contribution in [2.45, 2.75) is 25.9 Å². The van der Waals surface area contributed by atoms with Gasteiger partial charge in [-0.15, -0.1) is 0 Å². The van der Waals surface area contributed by atoms with Gasteiger partial charge in [-0.2, -0.15) is 0 Å². The lowest BCUT2D eigenvalue weighted by Gasteiger charge is -2.30. The van der Waals surface area contributed by atoms with Crippen LogP contribution in [0.4, 0.5) is 4.39 Å². The Balaban J connectivity index is 1.52. The fourth-order valence-electron chi connectivity index (χ4n) is 4.83. The fourth-order valence-corrected chi connectivity index (χ4v) is 4.83. The molecule has 1 amide bonds. The molecule has 3 atom stereocenters. The maximum absolute atomic E-state index is 13.9. The molecule has 6 heteroatoms. The van der Waals surface area contributed by atoms with Gasteiger partial charge in [0.05, 0.1) is 11.7 Å². The second-order valence-electron chi connectivity index (χ2n) is 8.11. The molecule has 0 N–H and O–H groups in total. The summed E-state index contributed by atoms with van der Waals surface area (Å²) in [5.74, 6) is 0.367. The molecule has 2 fully saturated rings. The van der Waals surface area contributed by atoms with Gasteiger partial charge in [-0.1, -0.05) is 25.1 Å². The molecule has 0 saturated carbocycles. The number of rotatable bonds is 6. The van der Waals surface area contributed by atoms with E-state index in [-0.39, 0.29) is 30.3 Å². The van der Waals surface area contributed by atoms with E-state index in [0.717, 1.165) is 37.3 Å². The number of likely N-dealkylation sites (tertiary alicyclic amines) is 2. The van der Waals surface area contributed by atoms with Crippen LogP contribution in [0.5, 0.6) is 0 Å². The molecule has 0 aliphatic carbocycles. The maximum Gasteiger partial charge on any atom is 0.249 e. The molecule has 1 aromatic heterocycles. The zero-order chi connectivity index (χ0) is 20.4. The molecule has 3 heterocycles. The number of amides is 1. The number of carbonyl (C=O) groups is 1. The van der Waals surface area contributed by atoms with E-state index in [0.29, 0.717) is 12.5 Å². The van der Waals surface area contributed by atoms with Crippen LogP contribution < -0.4 is 0 Å². The second-order valence-corrected chi connectivity index (χ2v) is 8.11. The van der Waals surface area contributed by atoms with Crippen molar-refractivity contribution < 1.29 is 13.9 Å². The predicted molar refractivity (Wildman–Crippen MR) is 109 cm³/mol. The third-order valence-electron chi connectivity index (χ3n) is 6.20. The molecule has 2 saturated heterocycles. The summed E-state index contributed by atoms with van der Waals surface area (Å²) >= 11 is 0. The molecule has 2 aliphatic heterocycles. The minimum absolute atomic E-state index is 0.0282. The number of fused-ring (bicyclic) bond motifs is 1. The highest BCUT2D eigenvalue weighted by Crippen LogP contribution is 2.45. The molecular formula is C23H28FN3O2. The lowest BCUT2D eigenvalue weighted by Crippen LogP contribution is -2.37. The first-order valence-corrected chi connectivity index (χ1v) is 10.3. The average Bonchev–Trinajstić information content (AvgIpc) is 3.26. The summed E-state index contributed by atoms with van der Waals surface area (Å²) in [4.78, 5) is 21.6. The van der Waals surface area contributed by atoms with E-state index in [1.807, 2.05) is 17.2 Å². The SMILES string of the molecule is CCc1ccc(CN2C[C@@H]3CN(C(=O)COC)[C@@H](c4cccc(F)c4)[C@@H]3C2)nc1. The van der Waals surface area contributed by atoms with E-state index in [1.165, 1.54) is 18.7 Å². The average molecular weight is 397 g/mol. The summed E-state index contributed by atoms with van der Waals surface area (Å²) in [5.41, 5.74) is 3.18. The number of ether oxygens (including phenoxy) is 1. The van der Waals surface area contributed by atoms with E-state index in [4.69, 9.17) is 4.74 Å². The Morgan fingerprint density at radius 3 is 2.79 bits per heavy atom. The number of aryl methyl sites for hydroxylation is 1. The molecule has 0 unspecified atom stereocenters. The second kappa shape index (κ2) is 8.59. The van der Waals surface area contributed by atoms with Gasteiger partial charge in [0.2, 0.25) is 5.91 Å². The maximum atomic E-state index is 13.9. The Hall–Kier alpha value is -2.31. The first-order chi connectivity index (χ1) is 14.1. The number of hydrogen-bond donors (Lipinski definition) is 0. The molecule has 1 aromatic carbocycles. The molecule has 0 bridgehead atoms. The molecule has 2 aromatic rings. The molecule has 5 nitrogen and oxygen atoms in total. The van der Waals surface area contributed by atoms with Crippen molar-refractivity contribution in [2.75, 3.05) is 33.4 Å². The largest absolute Gasteiger partial charge is 0.375 e. The van der Waals surface area contributed by atoms with Crippen molar-refractivity contribution in [3.05, 3.63) is 65.2 Å². The van der Waals surface area contributed by atoms with Crippen LogP contribution in [0.25, 0.3) is 0 Å². The van der Waals surface area contributed by atoms with Gasteiger partial charge in [0.1, 0.15) is 12.4 Å². The quantitative estimate of drug-likeness (QED) is 0.752. The van der Waals surface area contributed by atoms with Gasteiger partial charge in [0, 0.05) is 45.4 Å². The minimum Gasteiger partial charge on any atom is -0.375 e. The Morgan fingerprint density at radius 2 is 2.10 bits per heavy atom. The number of halogens is 1. The van der Waals surface area contributed by atoms with Crippen LogP contribution in [0.3, 0.4) is 0 Å². The van der Waals surface area contributed by atoms with Crippen LogP contribution in [0.2, 0.25) is 0 Å². The fraction of sp³-hybridized carbons (Fsp3) is 0.478. The Labute approximate surface area is 171 Å². The summed E-state index contributed by atoms with van der Waals surface area (Å²) in [7, 11) is 1.53. The zero-order valence-electron chi connectivity index (χ0n) is 17.1. The Morgan fingerprint density at radius 1 is 1.24 bits per heavy atom. The van der Waals surface area contributed by atoms with Crippen molar-refractivity contribution in [3.63, 3.8) is 0 Å². The van der Waals surface area contributed by atoms with Crippen molar-refractivity contribution in [1.29, 1.82) is 0 Å². The molecule has 4 rings (SSSR count). The summed E-state index contributed by atoms with van der Waals surface area (Å²) < 4.78 is 19.0. The molecule has 2 aliphatic rings. The van der Waals surface area contributed by atoms with Gasteiger partial charge < -0.3 is 9.64 Å². The predicted octanol–water partition coefficient (Wildman–Crippen LogP) is 3.06. The number of nitrogens with zero attached hydrogens (tertiary/aromatic N) is 3. The van der Waals surface area contributed by atoms with Gasteiger partial charge in [-0.05, 0) is 41.7 Å². The van der Waals surface area contributed by atoms with Crippen LogP contribution in [-0.4, -0.2) is 54.0 Å². The number of benzene rings is 1. The van der Waals surface area contributed by atoms with Crippen molar-refractivity contribution in [1.82, 2.24) is 14.8 Å². The standard InChI is InChI=1S/C23H28FN3O2/c1-3-16-7-8-20(25-10-16)13-26-11-18-12-27(22(28)15-29-2)23(21(18)14-26)17-5-4-6-19(24)9-17/h4-10,18,21,23H,3,11-15H2,1-2H3/t18-,21-,23+/m1/s1. The number of methoxy groups -OCH3 is 1. The van der Waals surface area contributed by atoms with Crippen molar-refractivity contribution in [2.24, 2.45) is 11.8 Å². The highest BCUT2D eigenvalue weighted by Gasteiger charge is 2.48. The number of carbonyl (C=O) groups excluding carboxylic acids is 1. The lowest BCUT2D eigenvalue weighted by molar-refractivity contribution is -0.136. The first-order valence-electron chi connectivity index (χ1n) is 10.3. The summed E-state index contributed by atoms with van der Waals surface area (Å²) in [6.07, 6.45) is 2.94. The van der Waals surface area contributed by atoms with E-state index < -0.39 is 0 Å². The summed E-state index contributed by atoms with van der Waals surface area (Å²) in [6, 6.07) is 10.8. The van der Waals surface area contributed by atoms with E-state index in [2.05, 4.69) is 28.9 Å². The zero-order valence-corrected chi connectivity index (χ0v) is 17.1. The van der Waals surface area contributed by atoms with Crippen LogP contribution in [0.15, 0.2) is 42.6 Å². The number of hydrogen-bond acceptors (Lipinski definition) is 4. The van der Waals surface area contributed by atoms with Crippen LogP contribution >= 0.6 is 0 Å². The third kappa shape index (κ3) is 4.19. The Bertz CT molecular complexity index is 857. The highest BCUT2D eigenvalue weighted by atomic mass is 19.1. The Kier molecular flexibility index (Phi) is 5.92. The minimum atomic E-state index is -0.264. The topological polar surface area (TPSA) is 45.7 Å². The van der Waals surface area contributed by atoms with E-state index in [9.17, 15) is 9.18 Å². The van der Waals surface area contributed by atoms with Crippen molar-refractivity contribution >= 4 is 5.91 Å². The molecule has 0 spiro atoms. The molecule has 154 valence electrons. The third-order valence-corrected chi connectivity index (χ3v) is 6.20. The lowest BCUT2D eigenvalue weighted by atomic mass is 9.89. The normalized spacial score (nSPS) is 24.1. The van der Waals surface area contributed by atoms with Gasteiger partial charge in [0.15, 0.2) is 0 Å². The van der Waals surface area contributed by atoms with Crippen molar-refractivity contribution in [3.8, 4) is 0 Å². The summed E-state index contributed by atoms with van der Waals surface area (Å²) in [6.45, 7) is 5.47. The monoisotopic (exact) mass is 397 g/mol. The van der Waals surface area contributed by atoms with Gasteiger partial charge in [-0.3, -0.25) is 14.7 Å². The molecule has 0 radical (unpaired) electrons. The summed E-state index contributed by atoms with van der Waals surface area (Å²) in [5, 5.41) is 0. The molecule has 29 heavy (non-hydrogen) atoms. The molecular weight excluding hydrogens is 369 g/mol. The first kappa shape index (κ1) is 20.0. The van der Waals surface area contributed by atoms with Gasteiger partial charge in [-0.25, -0.2) is 4.39 Å². The highest BCUT2D eigenvalue weighted by molar-refractivity contribution is 5.78. The van der Waals surface area contributed by atoms with Gasteiger partial charge >= 0.3 is 0 Å². The number of aromatic nitrogens is 1. The van der Waals surface area contributed by atoms with Crippen LogP contribution in [0, 0.1) is 17.7 Å². The van der Waals surface area contributed by atoms with Crippen LogP contribution in [-0.2, 0) is 22.5 Å². The smallest absolute Gasteiger partial charge is 0.249 e. The van der Waals surface area contributed by atoms with Crippen LogP contribution in [0.1, 0.15) is 29.8 Å². The van der Waals surface area contributed by atoms with Gasteiger partial charge in [0.25, 0.3) is 0 Å². The van der Waals surface area contributed by atoms with E-state index in [1.54, 1.807) is 12.1 Å². The number of pyridine rings is 1.